The van der Waals surface area contributed by atoms with Gasteiger partial charge in [0.1, 0.15) is 0 Å². The molecule has 138 valence electrons. The van der Waals surface area contributed by atoms with E-state index in [1.54, 1.807) is 0 Å². The second-order valence-electron chi connectivity index (χ2n) is 7.63. The van der Waals surface area contributed by atoms with Crippen LogP contribution in [-0.2, 0) is 6.42 Å². The highest BCUT2D eigenvalue weighted by molar-refractivity contribution is 5.85. The maximum absolute atomic E-state index is 2.31. The fourth-order valence-corrected chi connectivity index (χ4v) is 3.84. The van der Waals surface area contributed by atoms with Crippen molar-refractivity contribution >= 4 is 10.8 Å². The summed E-state index contributed by atoms with van der Waals surface area (Å²) in [5, 5.41) is 2.83. The zero-order valence-corrected chi connectivity index (χ0v) is 16.4. The molecule has 0 spiro atoms. The van der Waals surface area contributed by atoms with E-state index >= 15 is 0 Å². The van der Waals surface area contributed by atoms with Crippen molar-refractivity contribution < 1.29 is 0 Å². The van der Waals surface area contributed by atoms with Crippen molar-refractivity contribution in [3.63, 3.8) is 0 Å². The summed E-state index contributed by atoms with van der Waals surface area (Å²) < 4.78 is 0. The van der Waals surface area contributed by atoms with Crippen LogP contribution < -0.4 is 0 Å². The average molecular weight is 339 g/mol. The molecule has 0 nitrogen and oxygen atoms in total. The van der Waals surface area contributed by atoms with Gasteiger partial charge in [-0.05, 0) is 29.2 Å². The fraction of sp³-hybridized carbons (Fsp3) is 0.600. The lowest BCUT2D eigenvalue weighted by atomic mass is 9.99. The van der Waals surface area contributed by atoms with Crippen molar-refractivity contribution in [3.8, 4) is 0 Å². The largest absolute Gasteiger partial charge is 0.0654 e. The summed E-state index contributed by atoms with van der Waals surface area (Å²) in [4.78, 5) is 0. The Hall–Kier alpha value is -1.30. The second-order valence-corrected chi connectivity index (χ2v) is 7.63. The Bertz CT molecular complexity index is 564. The molecule has 0 heterocycles. The van der Waals surface area contributed by atoms with Gasteiger partial charge in [0, 0.05) is 0 Å². The lowest BCUT2D eigenvalue weighted by molar-refractivity contribution is 0.539. The van der Waals surface area contributed by atoms with Gasteiger partial charge >= 0.3 is 0 Å². The van der Waals surface area contributed by atoms with Gasteiger partial charge in [-0.1, -0.05) is 126 Å². The van der Waals surface area contributed by atoms with Crippen LogP contribution in [0.3, 0.4) is 0 Å². The van der Waals surface area contributed by atoms with E-state index < -0.39 is 0 Å². The van der Waals surface area contributed by atoms with Gasteiger partial charge in [-0.15, -0.1) is 0 Å². The molecule has 0 atom stereocenters. The third-order valence-corrected chi connectivity index (χ3v) is 5.43. The maximum atomic E-state index is 2.31. The molecular formula is C25H38. The van der Waals surface area contributed by atoms with E-state index in [2.05, 4.69) is 49.4 Å². The number of aryl methyl sites for hydroxylation is 1. The first-order chi connectivity index (χ1) is 12.4. The van der Waals surface area contributed by atoms with Gasteiger partial charge in [0.25, 0.3) is 0 Å². The number of fused-ring (bicyclic) bond motifs is 1. The molecule has 2 aromatic rings. The van der Waals surface area contributed by atoms with E-state index in [-0.39, 0.29) is 0 Å². The van der Waals surface area contributed by atoms with Crippen molar-refractivity contribution in [3.05, 3.63) is 48.0 Å². The molecule has 0 heteroatoms. The molecule has 0 N–H and O–H groups in total. The summed E-state index contributed by atoms with van der Waals surface area (Å²) in [7, 11) is 0. The van der Waals surface area contributed by atoms with Gasteiger partial charge in [0.15, 0.2) is 0 Å². The lowest BCUT2D eigenvalue weighted by Gasteiger charge is -2.07. The van der Waals surface area contributed by atoms with Crippen LogP contribution in [-0.4, -0.2) is 0 Å². The Morgan fingerprint density at radius 3 is 1.68 bits per heavy atom. The first-order valence-electron chi connectivity index (χ1n) is 10.9. The van der Waals surface area contributed by atoms with E-state index in [1.807, 2.05) is 0 Å². The molecule has 2 aromatic carbocycles. The Morgan fingerprint density at radius 2 is 1.04 bits per heavy atom. The van der Waals surface area contributed by atoms with Gasteiger partial charge in [0.2, 0.25) is 0 Å². The normalized spacial score (nSPS) is 11.2. The molecular weight excluding hydrogens is 300 g/mol. The predicted octanol–water partition coefficient (Wildman–Crippen LogP) is 8.47. The molecule has 0 aliphatic carbocycles. The highest BCUT2D eigenvalue weighted by Gasteiger charge is 2.00. The van der Waals surface area contributed by atoms with Crippen molar-refractivity contribution in [1.29, 1.82) is 0 Å². The van der Waals surface area contributed by atoms with Gasteiger partial charge in [-0.2, -0.15) is 0 Å². The minimum atomic E-state index is 1.24. The molecule has 0 aliphatic rings. The molecule has 0 amide bonds. The van der Waals surface area contributed by atoms with Crippen LogP contribution in [0.15, 0.2) is 42.5 Å². The third kappa shape index (κ3) is 8.08. The number of hydrogen-bond acceptors (Lipinski definition) is 0. The van der Waals surface area contributed by atoms with Crippen molar-refractivity contribution in [2.45, 2.75) is 96.8 Å². The quantitative estimate of drug-likeness (QED) is 0.303. The molecule has 0 aromatic heterocycles. The molecule has 25 heavy (non-hydrogen) atoms. The van der Waals surface area contributed by atoms with Crippen LogP contribution >= 0.6 is 0 Å². The van der Waals surface area contributed by atoms with Crippen LogP contribution in [0.4, 0.5) is 0 Å². The van der Waals surface area contributed by atoms with Gasteiger partial charge in [-0.3, -0.25) is 0 Å². The molecule has 2 rings (SSSR count). The summed E-state index contributed by atoms with van der Waals surface area (Å²) in [6.45, 7) is 2.29. The van der Waals surface area contributed by atoms with E-state index in [0.29, 0.717) is 0 Å². The van der Waals surface area contributed by atoms with Crippen molar-refractivity contribution in [2.24, 2.45) is 0 Å². The third-order valence-electron chi connectivity index (χ3n) is 5.43. The summed E-state index contributed by atoms with van der Waals surface area (Å²) in [6, 6.07) is 15.5. The zero-order valence-electron chi connectivity index (χ0n) is 16.4. The van der Waals surface area contributed by atoms with Gasteiger partial charge in [0.05, 0.1) is 0 Å². The summed E-state index contributed by atoms with van der Waals surface area (Å²) in [5.74, 6) is 0. The Morgan fingerprint density at radius 1 is 0.520 bits per heavy atom. The number of benzene rings is 2. The Balaban J connectivity index is 1.46. The first kappa shape index (κ1) is 20.0. The summed E-state index contributed by atoms with van der Waals surface area (Å²) in [6.07, 6.45) is 19.8. The van der Waals surface area contributed by atoms with Gasteiger partial charge < -0.3 is 0 Å². The first-order valence-corrected chi connectivity index (χ1v) is 10.9. The topological polar surface area (TPSA) is 0 Å². The molecule has 0 unspecified atom stereocenters. The van der Waals surface area contributed by atoms with Crippen LogP contribution in [0.2, 0.25) is 0 Å². The minimum absolute atomic E-state index is 1.24. The van der Waals surface area contributed by atoms with Crippen LogP contribution in [0, 0.1) is 0 Å². The smallest absolute Gasteiger partial charge is 0.0152 e. The fourth-order valence-electron chi connectivity index (χ4n) is 3.84. The second kappa shape index (κ2) is 13.0. The van der Waals surface area contributed by atoms with E-state index in [1.165, 1.54) is 106 Å². The number of unbranched alkanes of at least 4 members (excludes halogenated alkanes) is 12. The van der Waals surface area contributed by atoms with Crippen molar-refractivity contribution in [2.75, 3.05) is 0 Å². The molecule has 0 saturated carbocycles. The molecule has 0 saturated heterocycles. The molecule has 0 fully saturated rings. The van der Waals surface area contributed by atoms with E-state index in [0.717, 1.165) is 0 Å². The SMILES string of the molecule is CCCCCCCCCCCCCCCc1cccc2ccccc12. The van der Waals surface area contributed by atoms with Crippen LogP contribution in [0.1, 0.15) is 96.0 Å². The highest BCUT2D eigenvalue weighted by Crippen LogP contribution is 2.21. The molecule has 0 bridgehead atoms. The average Bonchev–Trinajstić information content (AvgIpc) is 2.65. The van der Waals surface area contributed by atoms with Crippen LogP contribution in [0.25, 0.3) is 10.8 Å². The number of hydrogen-bond donors (Lipinski definition) is 0. The zero-order chi connectivity index (χ0) is 17.6. The highest BCUT2D eigenvalue weighted by atomic mass is 14.1. The number of rotatable bonds is 14. The standard InChI is InChI=1S/C25H38/c1-2-3-4-5-6-7-8-9-10-11-12-13-14-18-23-20-17-21-24-19-15-16-22-25(23)24/h15-17,19-22H,2-14,18H2,1H3. The van der Waals surface area contributed by atoms with Crippen molar-refractivity contribution in [1.82, 2.24) is 0 Å². The summed E-state index contributed by atoms with van der Waals surface area (Å²) in [5.41, 5.74) is 1.53. The van der Waals surface area contributed by atoms with Crippen LogP contribution in [0.5, 0.6) is 0 Å². The predicted molar refractivity (Wildman–Crippen MR) is 113 cm³/mol. The van der Waals surface area contributed by atoms with E-state index in [4.69, 9.17) is 0 Å². The Labute approximate surface area is 156 Å². The van der Waals surface area contributed by atoms with E-state index in [9.17, 15) is 0 Å². The monoisotopic (exact) mass is 338 g/mol. The Kier molecular flexibility index (Phi) is 10.4. The summed E-state index contributed by atoms with van der Waals surface area (Å²) >= 11 is 0. The maximum Gasteiger partial charge on any atom is -0.0152 e. The minimum Gasteiger partial charge on any atom is -0.0654 e. The lowest BCUT2D eigenvalue weighted by Crippen LogP contribution is -1.88. The molecule has 0 aliphatic heterocycles. The van der Waals surface area contributed by atoms with Gasteiger partial charge in [-0.25, -0.2) is 0 Å². The molecule has 0 radical (unpaired) electrons.